The Morgan fingerprint density at radius 1 is 0.963 bits per heavy atom. The molecule has 2 aliphatic rings. The van der Waals surface area contributed by atoms with Gasteiger partial charge in [0.25, 0.3) is 0 Å². The molecule has 148 valence electrons. The molecular weight excluding hydrogens is 340 g/mol. The molecule has 0 unspecified atom stereocenters. The number of nitrogens with zero attached hydrogens (tertiary/aromatic N) is 2. The highest BCUT2D eigenvalue weighted by Crippen LogP contribution is 2.25. The first-order chi connectivity index (χ1) is 13.2. The molecule has 2 heterocycles. The molecule has 3 rings (SSSR count). The maximum absolute atomic E-state index is 12.8. The van der Waals surface area contributed by atoms with Gasteiger partial charge in [0.1, 0.15) is 0 Å². The van der Waals surface area contributed by atoms with Crippen molar-refractivity contribution in [3.63, 3.8) is 0 Å². The van der Waals surface area contributed by atoms with Crippen molar-refractivity contribution in [3.05, 3.63) is 30.3 Å². The van der Waals surface area contributed by atoms with E-state index in [2.05, 4.69) is 15.5 Å². The Balaban J connectivity index is 1.41. The van der Waals surface area contributed by atoms with Gasteiger partial charge < -0.3 is 20.4 Å². The number of carbonyl (C=O) groups excluding carboxylic acids is 2. The minimum absolute atomic E-state index is 0.0691. The van der Waals surface area contributed by atoms with Gasteiger partial charge in [0.2, 0.25) is 5.91 Å². The van der Waals surface area contributed by atoms with E-state index >= 15 is 0 Å². The summed E-state index contributed by atoms with van der Waals surface area (Å²) in [5.41, 5.74) is 0.807. The molecule has 1 aromatic rings. The number of nitrogens with one attached hydrogen (secondary N) is 2. The standard InChI is InChI=1S/C21H32N4O2/c1-22-12-7-17-8-13-24(14-9-17)20(26)18-10-15-25(16-11-18)21(27)23-19-5-3-2-4-6-19/h2-6,17-18,22H,7-16H2,1H3,(H,23,27). The lowest BCUT2D eigenvalue weighted by atomic mass is 9.90. The summed E-state index contributed by atoms with van der Waals surface area (Å²) in [6.45, 7) is 4.13. The molecule has 2 saturated heterocycles. The second-order valence-corrected chi connectivity index (χ2v) is 7.72. The van der Waals surface area contributed by atoms with Crippen LogP contribution in [0.1, 0.15) is 32.1 Å². The van der Waals surface area contributed by atoms with E-state index in [9.17, 15) is 9.59 Å². The fraction of sp³-hybridized carbons (Fsp3) is 0.619. The van der Waals surface area contributed by atoms with Gasteiger partial charge in [-0.1, -0.05) is 18.2 Å². The zero-order valence-electron chi connectivity index (χ0n) is 16.3. The van der Waals surface area contributed by atoms with Gasteiger partial charge in [-0.15, -0.1) is 0 Å². The number of hydrogen-bond acceptors (Lipinski definition) is 3. The molecule has 3 amide bonds. The van der Waals surface area contributed by atoms with E-state index in [-0.39, 0.29) is 11.9 Å². The van der Waals surface area contributed by atoms with Crippen LogP contribution in [0.5, 0.6) is 0 Å². The monoisotopic (exact) mass is 372 g/mol. The molecular formula is C21H32N4O2. The third kappa shape index (κ3) is 5.45. The number of amides is 3. The summed E-state index contributed by atoms with van der Waals surface area (Å²) in [5.74, 6) is 1.11. The lowest BCUT2D eigenvalue weighted by molar-refractivity contribution is -0.138. The second-order valence-electron chi connectivity index (χ2n) is 7.72. The Morgan fingerprint density at radius 2 is 1.59 bits per heavy atom. The largest absolute Gasteiger partial charge is 0.342 e. The minimum atomic E-state index is -0.0718. The number of para-hydroxylation sites is 1. The van der Waals surface area contributed by atoms with Crippen LogP contribution in [-0.4, -0.2) is 61.5 Å². The minimum Gasteiger partial charge on any atom is -0.342 e. The first kappa shape index (κ1) is 19.7. The fourth-order valence-corrected chi connectivity index (χ4v) is 4.10. The lowest BCUT2D eigenvalue weighted by Crippen LogP contribution is -2.47. The third-order valence-corrected chi connectivity index (χ3v) is 5.89. The molecule has 6 heteroatoms. The smallest absolute Gasteiger partial charge is 0.321 e. The summed E-state index contributed by atoms with van der Waals surface area (Å²) in [5, 5.41) is 6.14. The summed E-state index contributed by atoms with van der Waals surface area (Å²) in [6, 6.07) is 9.43. The van der Waals surface area contributed by atoms with Gasteiger partial charge in [-0.05, 0) is 63.7 Å². The quantitative estimate of drug-likeness (QED) is 0.835. The molecule has 0 bridgehead atoms. The van der Waals surface area contributed by atoms with E-state index in [4.69, 9.17) is 0 Å². The highest BCUT2D eigenvalue weighted by Gasteiger charge is 2.32. The van der Waals surface area contributed by atoms with Crippen molar-refractivity contribution in [2.45, 2.75) is 32.1 Å². The van der Waals surface area contributed by atoms with Gasteiger partial charge in [-0.25, -0.2) is 4.79 Å². The number of anilines is 1. The fourth-order valence-electron chi connectivity index (χ4n) is 4.10. The van der Waals surface area contributed by atoms with Gasteiger partial charge >= 0.3 is 6.03 Å². The number of benzene rings is 1. The zero-order chi connectivity index (χ0) is 19.1. The summed E-state index contributed by atoms with van der Waals surface area (Å²) in [4.78, 5) is 29.1. The first-order valence-corrected chi connectivity index (χ1v) is 10.2. The van der Waals surface area contributed by atoms with E-state index in [1.165, 1.54) is 6.42 Å². The highest BCUT2D eigenvalue weighted by atomic mass is 16.2. The Labute approximate surface area is 162 Å². The van der Waals surface area contributed by atoms with Crippen LogP contribution in [0.2, 0.25) is 0 Å². The lowest BCUT2D eigenvalue weighted by Gasteiger charge is -2.37. The predicted octanol–water partition coefficient (Wildman–Crippen LogP) is 2.78. The molecule has 0 aliphatic carbocycles. The van der Waals surface area contributed by atoms with Crippen LogP contribution in [0.15, 0.2) is 30.3 Å². The van der Waals surface area contributed by atoms with Gasteiger partial charge in [-0.2, -0.15) is 0 Å². The van der Waals surface area contributed by atoms with Crippen LogP contribution >= 0.6 is 0 Å². The number of likely N-dealkylation sites (tertiary alicyclic amines) is 2. The van der Waals surface area contributed by atoms with E-state index in [1.807, 2.05) is 42.3 Å². The van der Waals surface area contributed by atoms with Crippen LogP contribution in [0.4, 0.5) is 10.5 Å². The Hall–Kier alpha value is -2.08. The molecule has 1 aromatic carbocycles. The van der Waals surface area contributed by atoms with E-state index in [0.29, 0.717) is 19.0 Å². The van der Waals surface area contributed by atoms with Crippen molar-refractivity contribution >= 4 is 17.6 Å². The molecule has 0 atom stereocenters. The van der Waals surface area contributed by atoms with Crippen molar-refractivity contribution in [2.24, 2.45) is 11.8 Å². The third-order valence-electron chi connectivity index (χ3n) is 5.89. The number of urea groups is 1. The predicted molar refractivity (Wildman–Crippen MR) is 108 cm³/mol. The van der Waals surface area contributed by atoms with E-state index < -0.39 is 0 Å². The molecule has 2 N–H and O–H groups in total. The molecule has 0 radical (unpaired) electrons. The molecule has 2 fully saturated rings. The Morgan fingerprint density at radius 3 is 2.22 bits per heavy atom. The number of piperidine rings is 2. The molecule has 0 saturated carbocycles. The molecule has 6 nitrogen and oxygen atoms in total. The van der Waals surface area contributed by atoms with Crippen molar-refractivity contribution in [1.29, 1.82) is 0 Å². The van der Waals surface area contributed by atoms with Gasteiger partial charge in [0.15, 0.2) is 0 Å². The van der Waals surface area contributed by atoms with Gasteiger partial charge in [-0.3, -0.25) is 4.79 Å². The summed E-state index contributed by atoms with van der Waals surface area (Å²) in [7, 11) is 1.99. The van der Waals surface area contributed by atoms with Crippen LogP contribution in [0, 0.1) is 11.8 Å². The number of carbonyl (C=O) groups is 2. The number of hydrogen-bond donors (Lipinski definition) is 2. The summed E-state index contributed by atoms with van der Waals surface area (Å²) >= 11 is 0. The highest BCUT2D eigenvalue weighted by molar-refractivity contribution is 5.89. The number of rotatable bonds is 5. The molecule has 27 heavy (non-hydrogen) atoms. The summed E-state index contributed by atoms with van der Waals surface area (Å²) < 4.78 is 0. The van der Waals surface area contributed by atoms with E-state index in [0.717, 1.165) is 56.9 Å². The molecule has 0 spiro atoms. The average Bonchev–Trinajstić information content (AvgIpc) is 2.73. The van der Waals surface area contributed by atoms with Crippen LogP contribution in [-0.2, 0) is 4.79 Å². The van der Waals surface area contributed by atoms with Gasteiger partial charge in [0.05, 0.1) is 0 Å². The van der Waals surface area contributed by atoms with E-state index in [1.54, 1.807) is 0 Å². The molecule has 0 aromatic heterocycles. The maximum atomic E-state index is 12.8. The van der Waals surface area contributed by atoms with Crippen LogP contribution in [0.3, 0.4) is 0 Å². The SMILES string of the molecule is CNCCC1CCN(C(=O)C2CCN(C(=O)Nc3ccccc3)CC2)CC1. The maximum Gasteiger partial charge on any atom is 0.321 e. The zero-order valence-corrected chi connectivity index (χ0v) is 16.3. The molecule has 2 aliphatic heterocycles. The van der Waals surface area contributed by atoms with Crippen molar-refractivity contribution < 1.29 is 9.59 Å². The average molecular weight is 373 g/mol. The van der Waals surface area contributed by atoms with Crippen molar-refractivity contribution in [1.82, 2.24) is 15.1 Å². The van der Waals surface area contributed by atoms with Gasteiger partial charge in [0, 0.05) is 37.8 Å². The Kier molecular flexibility index (Phi) is 7.10. The van der Waals surface area contributed by atoms with Crippen molar-refractivity contribution in [3.8, 4) is 0 Å². The van der Waals surface area contributed by atoms with Crippen LogP contribution < -0.4 is 10.6 Å². The normalized spacial score (nSPS) is 19.1. The Bertz CT molecular complexity index is 606. The second kappa shape index (κ2) is 9.74. The first-order valence-electron chi connectivity index (χ1n) is 10.2. The summed E-state index contributed by atoms with van der Waals surface area (Å²) in [6.07, 6.45) is 4.96. The topological polar surface area (TPSA) is 64.7 Å². The van der Waals surface area contributed by atoms with Crippen LogP contribution in [0.25, 0.3) is 0 Å². The van der Waals surface area contributed by atoms with Crippen molar-refractivity contribution in [2.75, 3.05) is 45.1 Å².